The van der Waals surface area contributed by atoms with Crippen LogP contribution in [0.1, 0.15) is 40.3 Å². The van der Waals surface area contributed by atoms with E-state index in [9.17, 15) is 9.59 Å². The number of nitrogens with one attached hydrogen (secondary N) is 2. The van der Waals surface area contributed by atoms with E-state index in [1.165, 1.54) is 4.90 Å². The van der Waals surface area contributed by atoms with Gasteiger partial charge in [0.15, 0.2) is 0 Å². The number of likely N-dealkylation sites (N-methyl/N-ethyl adjacent to an activating group) is 1. The van der Waals surface area contributed by atoms with E-state index < -0.39 is 0 Å². The summed E-state index contributed by atoms with van der Waals surface area (Å²) in [7, 11) is 0. The summed E-state index contributed by atoms with van der Waals surface area (Å²) in [4.78, 5) is 27.1. The molecule has 0 aliphatic carbocycles. The second kappa shape index (κ2) is 11.3. The van der Waals surface area contributed by atoms with Gasteiger partial charge >= 0.3 is 6.03 Å². The summed E-state index contributed by atoms with van der Waals surface area (Å²) in [6, 6.07) is 15.8. The summed E-state index contributed by atoms with van der Waals surface area (Å²) in [5.41, 5.74) is 1.99. The Kier molecular flexibility index (Phi) is 8.40. The number of hydrogen-bond acceptors (Lipinski definition) is 4. The van der Waals surface area contributed by atoms with Gasteiger partial charge in [-0.15, -0.1) is 0 Å². The van der Waals surface area contributed by atoms with Crippen molar-refractivity contribution in [2.75, 3.05) is 30.3 Å². The molecular weight excluding hydrogens is 466 g/mol. The van der Waals surface area contributed by atoms with Gasteiger partial charge in [-0.1, -0.05) is 32.4 Å². The molecule has 8 nitrogen and oxygen atoms in total. The van der Waals surface area contributed by atoms with Crippen LogP contribution in [-0.2, 0) is 10.2 Å². The normalized spacial score (nSPS) is 11.1. The van der Waals surface area contributed by atoms with E-state index in [1.807, 2.05) is 32.0 Å². The summed E-state index contributed by atoms with van der Waals surface area (Å²) in [6.07, 6.45) is 0. The Labute approximate surface area is 211 Å². The monoisotopic (exact) mass is 497 g/mol. The van der Waals surface area contributed by atoms with Crippen LogP contribution in [0.3, 0.4) is 0 Å². The Bertz CT molecular complexity index is 1150. The summed E-state index contributed by atoms with van der Waals surface area (Å²) < 4.78 is 7.10. The molecule has 0 aliphatic rings. The van der Waals surface area contributed by atoms with Crippen molar-refractivity contribution in [2.45, 2.75) is 40.0 Å². The van der Waals surface area contributed by atoms with Crippen LogP contribution in [0.15, 0.2) is 54.6 Å². The molecule has 0 bridgehead atoms. The van der Waals surface area contributed by atoms with Crippen molar-refractivity contribution >= 4 is 35.0 Å². The predicted molar refractivity (Wildman–Crippen MR) is 140 cm³/mol. The average molecular weight is 498 g/mol. The van der Waals surface area contributed by atoms with E-state index in [0.717, 1.165) is 17.1 Å². The van der Waals surface area contributed by atoms with Gasteiger partial charge < -0.3 is 20.3 Å². The maximum absolute atomic E-state index is 12.9. The SMILES string of the molecule is CCOc1ccc(NC(=O)N(CC)CC(=O)Nc2cc(C(C)(C)C)nn2-c2ccc(Cl)cc2)cc1. The number of urea groups is 1. The molecular formula is C26H32ClN5O3. The highest BCUT2D eigenvalue weighted by Crippen LogP contribution is 2.27. The molecule has 3 rings (SSSR count). The van der Waals surface area contributed by atoms with Crippen molar-refractivity contribution in [2.24, 2.45) is 0 Å². The average Bonchev–Trinajstić information content (AvgIpc) is 3.23. The van der Waals surface area contributed by atoms with Crippen molar-refractivity contribution in [3.63, 3.8) is 0 Å². The number of rotatable bonds is 8. The number of carbonyl (C=O) groups is 2. The molecule has 0 saturated carbocycles. The Morgan fingerprint density at radius 2 is 1.69 bits per heavy atom. The molecule has 0 fully saturated rings. The number of ether oxygens (including phenoxy) is 1. The van der Waals surface area contributed by atoms with Crippen LogP contribution in [0.4, 0.5) is 16.3 Å². The highest BCUT2D eigenvalue weighted by molar-refractivity contribution is 6.30. The lowest BCUT2D eigenvalue weighted by Gasteiger charge is -2.21. The van der Waals surface area contributed by atoms with E-state index in [4.69, 9.17) is 21.4 Å². The third kappa shape index (κ3) is 6.99. The van der Waals surface area contributed by atoms with Crippen molar-refractivity contribution in [3.8, 4) is 11.4 Å². The quantitative estimate of drug-likeness (QED) is 0.417. The molecule has 1 heterocycles. The number of nitrogens with zero attached hydrogens (tertiary/aromatic N) is 3. The first-order valence-electron chi connectivity index (χ1n) is 11.6. The number of benzene rings is 2. The molecule has 3 aromatic rings. The number of amides is 3. The lowest BCUT2D eigenvalue weighted by Crippen LogP contribution is -2.40. The fourth-order valence-electron chi connectivity index (χ4n) is 3.30. The minimum absolute atomic E-state index is 0.115. The number of hydrogen-bond donors (Lipinski definition) is 2. The molecule has 3 amide bonds. The second-order valence-electron chi connectivity index (χ2n) is 9.00. The van der Waals surface area contributed by atoms with E-state index in [1.54, 1.807) is 41.1 Å². The lowest BCUT2D eigenvalue weighted by atomic mass is 9.92. The fourth-order valence-corrected chi connectivity index (χ4v) is 3.43. The van der Waals surface area contributed by atoms with Crippen molar-refractivity contribution in [1.82, 2.24) is 14.7 Å². The highest BCUT2D eigenvalue weighted by Gasteiger charge is 2.23. The Hall–Kier alpha value is -3.52. The number of aromatic nitrogens is 2. The van der Waals surface area contributed by atoms with Crippen LogP contribution in [0.2, 0.25) is 5.02 Å². The number of halogens is 1. The van der Waals surface area contributed by atoms with Gasteiger partial charge in [0.1, 0.15) is 18.1 Å². The molecule has 0 spiro atoms. The van der Waals surface area contributed by atoms with Gasteiger partial charge in [-0.25, -0.2) is 9.48 Å². The smallest absolute Gasteiger partial charge is 0.322 e. The van der Waals surface area contributed by atoms with Crippen LogP contribution < -0.4 is 15.4 Å². The van der Waals surface area contributed by atoms with Crippen LogP contribution >= 0.6 is 11.6 Å². The highest BCUT2D eigenvalue weighted by atomic mass is 35.5. The zero-order valence-electron chi connectivity index (χ0n) is 20.8. The summed E-state index contributed by atoms with van der Waals surface area (Å²) >= 11 is 6.03. The van der Waals surface area contributed by atoms with E-state index >= 15 is 0 Å². The van der Waals surface area contributed by atoms with Gasteiger partial charge in [-0.3, -0.25) is 4.79 Å². The first kappa shape index (κ1) is 26.1. The molecule has 2 aromatic carbocycles. The Morgan fingerprint density at radius 3 is 2.26 bits per heavy atom. The van der Waals surface area contributed by atoms with Crippen molar-refractivity contribution in [3.05, 3.63) is 65.3 Å². The molecule has 186 valence electrons. The van der Waals surface area contributed by atoms with Crippen LogP contribution in [-0.4, -0.2) is 46.3 Å². The first-order valence-corrected chi connectivity index (χ1v) is 11.9. The molecule has 0 radical (unpaired) electrons. The summed E-state index contributed by atoms with van der Waals surface area (Å²) in [5.74, 6) is 0.915. The molecule has 2 N–H and O–H groups in total. The lowest BCUT2D eigenvalue weighted by molar-refractivity contribution is -0.116. The topological polar surface area (TPSA) is 88.5 Å². The minimum Gasteiger partial charge on any atom is -0.494 e. The van der Waals surface area contributed by atoms with Gasteiger partial charge in [-0.05, 0) is 62.4 Å². The van der Waals surface area contributed by atoms with Crippen LogP contribution in [0.25, 0.3) is 5.69 Å². The molecule has 1 aromatic heterocycles. The van der Waals surface area contributed by atoms with Crippen molar-refractivity contribution < 1.29 is 14.3 Å². The molecule has 0 unspecified atom stereocenters. The zero-order valence-corrected chi connectivity index (χ0v) is 21.5. The third-order valence-corrected chi connectivity index (χ3v) is 5.49. The van der Waals surface area contributed by atoms with E-state index in [2.05, 4.69) is 31.4 Å². The van der Waals surface area contributed by atoms with Crippen molar-refractivity contribution in [1.29, 1.82) is 0 Å². The van der Waals surface area contributed by atoms with Crippen LogP contribution in [0, 0.1) is 0 Å². The Balaban J connectivity index is 1.72. The number of carbonyl (C=O) groups excluding carboxylic acids is 2. The zero-order chi connectivity index (χ0) is 25.6. The van der Waals surface area contributed by atoms with Gasteiger partial charge in [0.05, 0.1) is 18.0 Å². The van der Waals surface area contributed by atoms with Gasteiger partial charge in [-0.2, -0.15) is 5.10 Å². The maximum Gasteiger partial charge on any atom is 0.322 e. The van der Waals surface area contributed by atoms with Gasteiger partial charge in [0.2, 0.25) is 5.91 Å². The second-order valence-corrected chi connectivity index (χ2v) is 9.44. The molecule has 35 heavy (non-hydrogen) atoms. The molecule has 9 heteroatoms. The summed E-state index contributed by atoms with van der Waals surface area (Å²) in [6.45, 7) is 10.7. The Morgan fingerprint density at radius 1 is 1.03 bits per heavy atom. The van der Waals surface area contributed by atoms with E-state index in [0.29, 0.717) is 29.7 Å². The molecule has 0 atom stereocenters. The fraction of sp³-hybridized carbons (Fsp3) is 0.346. The summed E-state index contributed by atoms with van der Waals surface area (Å²) in [5, 5.41) is 11.0. The standard InChI is InChI=1S/C26H32ClN5O3/c1-6-31(25(34)28-19-10-14-21(15-11-19)35-7-2)17-24(33)29-23-16-22(26(3,4)5)30-32(23)20-12-8-18(27)9-13-20/h8-16H,6-7,17H2,1-5H3,(H,28,34)(H,29,33). The molecule has 0 aliphatic heterocycles. The number of anilines is 2. The third-order valence-electron chi connectivity index (χ3n) is 5.24. The maximum atomic E-state index is 12.9. The van der Waals surface area contributed by atoms with Gasteiger partial charge in [0, 0.05) is 28.7 Å². The minimum atomic E-state index is -0.367. The first-order chi connectivity index (χ1) is 16.6. The molecule has 0 saturated heterocycles. The van der Waals surface area contributed by atoms with E-state index in [-0.39, 0.29) is 23.9 Å². The predicted octanol–water partition coefficient (Wildman–Crippen LogP) is 5.71. The van der Waals surface area contributed by atoms with Gasteiger partial charge in [0.25, 0.3) is 0 Å². The largest absolute Gasteiger partial charge is 0.494 e. The van der Waals surface area contributed by atoms with Crippen LogP contribution in [0.5, 0.6) is 5.75 Å².